The predicted octanol–water partition coefficient (Wildman–Crippen LogP) is 3.02. The average molecular weight is 475 g/mol. The first-order valence-electron chi connectivity index (χ1n) is 12.4. The van der Waals surface area contributed by atoms with E-state index in [1.165, 1.54) is 22.9 Å². The quantitative estimate of drug-likeness (QED) is 0.620. The molecule has 0 unspecified atom stereocenters. The highest BCUT2D eigenvalue weighted by atomic mass is 32.2. The van der Waals surface area contributed by atoms with Gasteiger partial charge in [0.05, 0.1) is 5.88 Å². The summed E-state index contributed by atoms with van der Waals surface area (Å²) in [6.07, 6.45) is 6.68. The second kappa shape index (κ2) is 11.1. The number of urea groups is 1. The van der Waals surface area contributed by atoms with Gasteiger partial charge in [-0.25, -0.2) is 4.79 Å². The van der Waals surface area contributed by atoms with Crippen molar-refractivity contribution in [1.82, 2.24) is 20.0 Å². The molecule has 2 saturated heterocycles. The molecule has 2 atom stereocenters. The molecule has 2 N–H and O–H groups in total. The fourth-order valence-electron chi connectivity index (χ4n) is 5.30. The van der Waals surface area contributed by atoms with Crippen LogP contribution in [0.2, 0.25) is 0 Å². The molecule has 0 radical (unpaired) electrons. The topological polar surface area (TPSA) is 76.1 Å². The van der Waals surface area contributed by atoms with Crippen LogP contribution in [0.15, 0.2) is 24.3 Å². The Hall–Kier alpha value is -1.77. The highest BCUT2D eigenvalue weighted by Gasteiger charge is 2.32. The van der Waals surface area contributed by atoms with Gasteiger partial charge in [-0.1, -0.05) is 30.7 Å². The highest BCUT2D eigenvalue weighted by molar-refractivity contribution is 8.00. The Labute approximate surface area is 201 Å². The largest absolute Gasteiger partial charge is 0.378 e. The second-order valence-electron chi connectivity index (χ2n) is 9.81. The van der Waals surface area contributed by atoms with Crippen LogP contribution in [-0.4, -0.2) is 81.3 Å². The first-order chi connectivity index (χ1) is 15.9. The lowest BCUT2D eigenvalue weighted by molar-refractivity contribution is -0.133. The summed E-state index contributed by atoms with van der Waals surface area (Å²) in [6.45, 7) is 6.31. The van der Waals surface area contributed by atoms with E-state index in [9.17, 15) is 14.7 Å². The van der Waals surface area contributed by atoms with Crippen molar-refractivity contribution in [2.24, 2.45) is 0 Å². The number of carbonyl (C=O) groups is 2. The summed E-state index contributed by atoms with van der Waals surface area (Å²) in [5.41, 5.74) is 2.73. The van der Waals surface area contributed by atoms with Crippen molar-refractivity contribution in [3.05, 3.63) is 35.4 Å². The smallest absolute Gasteiger partial charge is 0.318 e. The molecule has 0 spiro atoms. The van der Waals surface area contributed by atoms with Gasteiger partial charge in [-0.3, -0.25) is 9.69 Å². The first kappa shape index (κ1) is 24.4. The molecule has 4 rings (SSSR count). The third kappa shape index (κ3) is 6.64. The Balaban J connectivity index is 1.21. The van der Waals surface area contributed by atoms with Gasteiger partial charge in [-0.2, -0.15) is 0 Å². The number of amides is 3. The molecule has 7 nitrogen and oxygen atoms in total. The summed E-state index contributed by atoms with van der Waals surface area (Å²) in [4.78, 5) is 30.5. The number of hydrogen-bond acceptors (Lipinski definition) is 5. The van der Waals surface area contributed by atoms with Crippen LogP contribution in [0.4, 0.5) is 4.79 Å². The molecule has 3 amide bonds. The van der Waals surface area contributed by atoms with Crippen LogP contribution in [0, 0.1) is 0 Å². The molecule has 2 fully saturated rings. The fraction of sp³-hybridized carbons (Fsp3) is 0.680. The zero-order chi connectivity index (χ0) is 23.3. The minimum absolute atomic E-state index is 0.0998. The molecule has 0 saturated carbocycles. The van der Waals surface area contributed by atoms with Crippen molar-refractivity contribution in [2.75, 3.05) is 38.6 Å². The van der Waals surface area contributed by atoms with E-state index in [0.29, 0.717) is 25.4 Å². The summed E-state index contributed by atoms with van der Waals surface area (Å²) in [5, 5.41) is 13.9. The molecule has 182 valence electrons. The van der Waals surface area contributed by atoms with Crippen LogP contribution in [0.5, 0.6) is 0 Å². The van der Waals surface area contributed by atoms with Gasteiger partial charge >= 0.3 is 6.03 Å². The van der Waals surface area contributed by atoms with Crippen LogP contribution >= 0.6 is 11.8 Å². The number of nitrogens with one attached hydrogen (secondary N) is 1. The average Bonchev–Trinajstić information content (AvgIpc) is 3.03. The van der Waals surface area contributed by atoms with E-state index < -0.39 is 4.93 Å². The third-order valence-electron chi connectivity index (χ3n) is 7.07. The fourth-order valence-corrected chi connectivity index (χ4v) is 6.08. The number of fused-ring (bicyclic) bond motifs is 1. The van der Waals surface area contributed by atoms with Gasteiger partial charge in [-0.05, 0) is 50.2 Å². The van der Waals surface area contributed by atoms with Gasteiger partial charge in [0.1, 0.15) is 4.93 Å². The monoisotopic (exact) mass is 474 g/mol. The lowest BCUT2D eigenvalue weighted by Gasteiger charge is -2.39. The number of nitrogens with zero attached hydrogens (tertiary/aromatic N) is 3. The number of benzene rings is 1. The molecule has 8 heteroatoms. The number of hydrogen-bond donors (Lipinski definition) is 2. The number of thioether (sulfide) groups is 1. The van der Waals surface area contributed by atoms with Gasteiger partial charge in [0.25, 0.3) is 0 Å². The maximum atomic E-state index is 12.8. The second-order valence-corrected chi connectivity index (χ2v) is 11.3. The minimum Gasteiger partial charge on any atom is -0.378 e. The Morgan fingerprint density at radius 2 is 1.94 bits per heavy atom. The summed E-state index contributed by atoms with van der Waals surface area (Å²) in [6, 6.07) is 8.53. The summed E-state index contributed by atoms with van der Waals surface area (Å²) < 4.78 is 0. The maximum absolute atomic E-state index is 12.8. The zero-order valence-electron chi connectivity index (χ0n) is 19.8. The van der Waals surface area contributed by atoms with E-state index in [2.05, 4.69) is 34.5 Å². The number of β-amino-alcohol motifs (C(OH)–C–C–N with tert-alkyl or cyclic N) is 1. The van der Waals surface area contributed by atoms with Crippen molar-refractivity contribution in [1.29, 1.82) is 0 Å². The van der Waals surface area contributed by atoms with Crippen molar-refractivity contribution < 1.29 is 14.7 Å². The van der Waals surface area contributed by atoms with Crippen LogP contribution in [0.3, 0.4) is 0 Å². The summed E-state index contributed by atoms with van der Waals surface area (Å²) in [7, 11) is 0. The zero-order valence-corrected chi connectivity index (χ0v) is 20.6. The normalized spacial score (nSPS) is 24.1. The highest BCUT2D eigenvalue weighted by Crippen LogP contribution is 2.26. The molecule has 0 aliphatic carbocycles. The molecule has 0 bridgehead atoms. The Kier molecular flexibility index (Phi) is 8.20. The van der Waals surface area contributed by atoms with Gasteiger partial charge in [0.2, 0.25) is 5.91 Å². The standard InChI is InChI=1S/C25H38N4O3S/c1-25(32,18-27-15-12-20-8-4-5-9-21(20)16-27)33-19-26-24(31)28-13-7-10-22(17-28)29-14-6-2-3-11-23(29)30/h4-5,8-9,22,32H,2-3,6-7,10-19H2,1H3,(H,26,31)/t22-,25-/m1/s1. The Morgan fingerprint density at radius 1 is 1.12 bits per heavy atom. The predicted molar refractivity (Wildman–Crippen MR) is 132 cm³/mol. The molecular weight excluding hydrogens is 436 g/mol. The Bertz CT molecular complexity index is 834. The number of rotatable bonds is 6. The SMILES string of the molecule is C[C@](O)(CN1CCc2ccccc2C1)SCNC(=O)N1CCC[C@@H](N2CCCCCC2=O)C1. The first-order valence-corrected chi connectivity index (χ1v) is 13.4. The summed E-state index contributed by atoms with van der Waals surface area (Å²) in [5.74, 6) is 0.603. The molecule has 0 aromatic heterocycles. The van der Waals surface area contributed by atoms with Gasteiger partial charge in [0, 0.05) is 51.7 Å². The molecule has 33 heavy (non-hydrogen) atoms. The molecule has 1 aromatic carbocycles. The number of aliphatic hydroxyl groups is 1. The van der Waals surface area contributed by atoms with Crippen LogP contribution in [-0.2, 0) is 17.8 Å². The van der Waals surface area contributed by atoms with E-state index in [-0.39, 0.29) is 18.0 Å². The molecule has 3 aliphatic heterocycles. The van der Waals surface area contributed by atoms with Gasteiger partial charge < -0.3 is 20.2 Å². The van der Waals surface area contributed by atoms with Crippen molar-refractivity contribution in [2.45, 2.75) is 69.4 Å². The third-order valence-corrected chi connectivity index (χ3v) is 8.11. The van der Waals surface area contributed by atoms with E-state index in [0.717, 1.165) is 64.7 Å². The minimum atomic E-state index is -0.942. The lowest BCUT2D eigenvalue weighted by Crippen LogP contribution is -2.53. The Morgan fingerprint density at radius 3 is 2.79 bits per heavy atom. The molecular formula is C25H38N4O3S. The van der Waals surface area contributed by atoms with Crippen molar-refractivity contribution >= 4 is 23.7 Å². The van der Waals surface area contributed by atoms with Crippen molar-refractivity contribution in [3.63, 3.8) is 0 Å². The van der Waals surface area contributed by atoms with E-state index in [4.69, 9.17) is 0 Å². The number of piperidine rings is 1. The number of carbonyl (C=O) groups excluding carboxylic acids is 2. The van der Waals surface area contributed by atoms with E-state index in [1.54, 1.807) is 0 Å². The van der Waals surface area contributed by atoms with Gasteiger partial charge in [0.15, 0.2) is 0 Å². The van der Waals surface area contributed by atoms with Crippen molar-refractivity contribution in [3.8, 4) is 0 Å². The van der Waals surface area contributed by atoms with Crippen LogP contribution < -0.4 is 5.32 Å². The molecule has 3 aliphatic rings. The maximum Gasteiger partial charge on any atom is 0.318 e. The molecule has 3 heterocycles. The van der Waals surface area contributed by atoms with E-state index >= 15 is 0 Å². The van der Waals surface area contributed by atoms with Gasteiger partial charge in [-0.15, -0.1) is 11.8 Å². The summed E-state index contributed by atoms with van der Waals surface area (Å²) >= 11 is 1.37. The van der Waals surface area contributed by atoms with Crippen LogP contribution in [0.1, 0.15) is 56.6 Å². The number of likely N-dealkylation sites (tertiary alicyclic amines) is 2. The molecule has 1 aromatic rings. The lowest BCUT2D eigenvalue weighted by atomic mass is 10.00. The van der Waals surface area contributed by atoms with E-state index in [1.807, 2.05) is 16.7 Å². The van der Waals surface area contributed by atoms with Crippen LogP contribution in [0.25, 0.3) is 0 Å².